The lowest BCUT2D eigenvalue weighted by molar-refractivity contribution is -0.145. The molecule has 368 valence electrons. The lowest BCUT2D eigenvalue weighted by atomic mass is 9.94. The first-order valence-electron chi connectivity index (χ1n) is 27.9. The van der Waals surface area contributed by atoms with Crippen molar-refractivity contribution >= 4 is 11.9 Å². The van der Waals surface area contributed by atoms with Crippen LogP contribution in [0.3, 0.4) is 0 Å². The Morgan fingerprint density at radius 1 is 0.419 bits per heavy atom. The highest BCUT2D eigenvalue weighted by molar-refractivity contribution is 5.70. The maximum atomic E-state index is 13.3. The van der Waals surface area contributed by atoms with Crippen molar-refractivity contribution < 1.29 is 19.1 Å². The lowest BCUT2D eigenvalue weighted by Gasteiger charge is -2.32. The number of piperazine rings is 1. The van der Waals surface area contributed by atoms with Crippen molar-refractivity contribution in [3.05, 3.63) is 0 Å². The molecule has 62 heavy (non-hydrogen) atoms. The third kappa shape index (κ3) is 38.1. The van der Waals surface area contributed by atoms with Gasteiger partial charge in [-0.3, -0.25) is 9.59 Å². The molecule has 2 atom stereocenters. The third-order valence-electron chi connectivity index (χ3n) is 13.9. The number of carbonyl (C=O) groups excluding carboxylic acids is 2. The summed E-state index contributed by atoms with van der Waals surface area (Å²) in [4.78, 5) is 33.9. The quantitative estimate of drug-likeness (QED) is 0.0446. The second-order valence-corrected chi connectivity index (χ2v) is 19.9. The van der Waals surface area contributed by atoms with Crippen LogP contribution in [0, 0.1) is 11.8 Å². The van der Waals surface area contributed by atoms with E-state index in [1.807, 2.05) is 0 Å². The van der Waals surface area contributed by atoms with Crippen LogP contribution >= 0.6 is 0 Å². The smallest absolute Gasteiger partial charge is 0.307 e. The van der Waals surface area contributed by atoms with Crippen LogP contribution in [-0.2, 0) is 19.1 Å². The summed E-state index contributed by atoms with van der Waals surface area (Å²) in [6.45, 7) is 18.2. The molecule has 1 fully saturated rings. The van der Waals surface area contributed by atoms with E-state index in [-0.39, 0.29) is 11.9 Å². The van der Waals surface area contributed by atoms with E-state index in [0.29, 0.717) is 51.0 Å². The summed E-state index contributed by atoms with van der Waals surface area (Å²) in [6.07, 6.45) is 44.8. The van der Waals surface area contributed by atoms with Gasteiger partial charge in [-0.2, -0.15) is 0 Å². The van der Waals surface area contributed by atoms with Gasteiger partial charge in [0.15, 0.2) is 0 Å². The summed E-state index contributed by atoms with van der Waals surface area (Å²) in [5.41, 5.74) is 0. The monoisotopic (exact) mass is 876 g/mol. The molecular weight excluding hydrogens is 767 g/mol. The van der Waals surface area contributed by atoms with E-state index in [9.17, 15) is 9.59 Å². The van der Waals surface area contributed by atoms with Crippen LogP contribution in [0.5, 0.6) is 0 Å². The number of ether oxygens (including phenoxy) is 2. The molecule has 7 heteroatoms. The van der Waals surface area contributed by atoms with Crippen molar-refractivity contribution in [2.24, 2.45) is 11.8 Å². The van der Waals surface area contributed by atoms with Crippen LogP contribution in [0.25, 0.3) is 0 Å². The molecule has 0 aliphatic carbocycles. The SMILES string of the molecule is CCCCCCCCCCC(CCCCCCCC)COC(=O)CCN(CCCCN1CCN(C)CC1)CCC(=O)OCC(CCCCCCCC)CCCCCCCCCC. The van der Waals surface area contributed by atoms with Crippen LogP contribution in [-0.4, -0.2) is 99.3 Å². The predicted molar refractivity (Wildman–Crippen MR) is 268 cm³/mol. The van der Waals surface area contributed by atoms with Crippen molar-refractivity contribution in [3.8, 4) is 0 Å². The summed E-state index contributed by atoms with van der Waals surface area (Å²) in [6, 6.07) is 0. The minimum absolute atomic E-state index is 0.0719. The van der Waals surface area contributed by atoms with E-state index in [2.05, 4.69) is 49.4 Å². The summed E-state index contributed by atoms with van der Waals surface area (Å²) in [5, 5.41) is 0. The Morgan fingerprint density at radius 2 is 0.742 bits per heavy atom. The molecule has 2 unspecified atom stereocenters. The maximum absolute atomic E-state index is 13.3. The van der Waals surface area contributed by atoms with Gasteiger partial charge in [0.2, 0.25) is 0 Å². The Hall–Kier alpha value is -1.18. The Kier molecular flexibility index (Phi) is 42.7. The largest absolute Gasteiger partial charge is 0.465 e. The summed E-state index contributed by atoms with van der Waals surface area (Å²) < 4.78 is 12.1. The van der Waals surface area contributed by atoms with Crippen molar-refractivity contribution in [1.29, 1.82) is 0 Å². The first-order chi connectivity index (χ1) is 30.4. The second kappa shape index (κ2) is 45.0. The molecule has 0 aromatic rings. The molecule has 7 nitrogen and oxygen atoms in total. The Bertz CT molecular complexity index is 897. The van der Waals surface area contributed by atoms with Crippen molar-refractivity contribution in [2.45, 2.75) is 259 Å². The van der Waals surface area contributed by atoms with Crippen LogP contribution in [0.4, 0.5) is 0 Å². The molecule has 1 aliphatic heterocycles. The maximum Gasteiger partial charge on any atom is 0.307 e. The first kappa shape index (κ1) is 58.8. The van der Waals surface area contributed by atoms with E-state index < -0.39 is 0 Å². The van der Waals surface area contributed by atoms with Crippen LogP contribution in [0.1, 0.15) is 259 Å². The standard InChI is InChI=1S/C55H109N3O4/c1-6-10-14-18-22-24-28-32-38-52(36-30-26-20-16-12-8-3)50-61-54(59)40-44-57(42-34-35-43-58-48-46-56(5)47-49-58)45-41-55(60)62-51-53(37-31-27-21-17-13-9-4)39-33-29-25-23-19-15-11-7-2/h52-53H,6-51H2,1-5H3. The number of esters is 2. The minimum Gasteiger partial charge on any atom is -0.465 e. The van der Waals surface area contributed by atoms with Gasteiger partial charge < -0.3 is 24.2 Å². The van der Waals surface area contributed by atoms with E-state index in [0.717, 1.165) is 52.1 Å². The highest BCUT2D eigenvalue weighted by atomic mass is 16.5. The number of hydrogen-bond acceptors (Lipinski definition) is 7. The summed E-state index contributed by atoms with van der Waals surface area (Å²) in [5.74, 6) is 0.812. The van der Waals surface area contributed by atoms with E-state index in [1.54, 1.807) is 0 Å². The molecule has 0 spiro atoms. The number of nitrogens with zero attached hydrogens (tertiary/aromatic N) is 3. The van der Waals surface area contributed by atoms with Crippen molar-refractivity contribution in [3.63, 3.8) is 0 Å². The second-order valence-electron chi connectivity index (χ2n) is 19.9. The number of rotatable bonds is 47. The van der Waals surface area contributed by atoms with Crippen LogP contribution in [0.15, 0.2) is 0 Å². The summed E-state index contributed by atoms with van der Waals surface area (Å²) in [7, 11) is 2.21. The molecule has 0 saturated carbocycles. The van der Waals surface area contributed by atoms with Gasteiger partial charge >= 0.3 is 11.9 Å². The Labute approximate surface area is 387 Å². The highest BCUT2D eigenvalue weighted by Crippen LogP contribution is 2.22. The number of hydrogen-bond donors (Lipinski definition) is 0. The molecule has 1 aliphatic rings. The average Bonchev–Trinajstić information content (AvgIpc) is 3.28. The molecular formula is C55H109N3O4. The van der Waals surface area contributed by atoms with Crippen LogP contribution < -0.4 is 0 Å². The van der Waals surface area contributed by atoms with Gasteiger partial charge in [0, 0.05) is 39.3 Å². The normalized spacial score (nSPS) is 14.7. The lowest BCUT2D eigenvalue weighted by Crippen LogP contribution is -2.44. The fourth-order valence-corrected chi connectivity index (χ4v) is 9.32. The Balaban J connectivity index is 2.68. The Morgan fingerprint density at radius 3 is 1.08 bits per heavy atom. The van der Waals surface area contributed by atoms with Gasteiger partial charge in [-0.1, -0.05) is 207 Å². The number of unbranched alkanes of at least 4 members (excludes halogenated alkanes) is 25. The molecule has 0 amide bonds. The van der Waals surface area contributed by atoms with Gasteiger partial charge in [-0.25, -0.2) is 0 Å². The van der Waals surface area contributed by atoms with E-state index in [4.69, 9.17) is 9.47 Å². The molecule has 1 rings (SSSR count). The fraction of sp³-hybridized carbons (Fsp3) is 0.964. The van der Waals surface area contributed by atoms with Gasteiger partial charge in [-0.15, -0.1) is 0 Å². The average molecular weight is 876 g/mol. The van der Waals surface area contributed by atoms with Gasteiger partial charge in [0.25, 0.3) is 0 Å². The number of carbonyl (C=O) groups is 2. The molecule has 0 aromatic heterocycles. The van der Waals surface area contributed by atoms with Crippen molar-refractivity contribution in [1.82, 2.24) is 14.7 Å². The highest BCUT2D eigenvalue weighted by Gasteiger charge is 2.18. The van der Waals surface area contributed by atoms with Gasteiger partial charge in [0.1, 0.15) is 0 Å². The molecule has 0 bridgehead atoms. The van der Waals surface area contributed by atoms with E-state index in [1.165, 1.54) is 205 Å². The number of likely N-dealkylation sites (N-methyl/N-ethyl adjacent to an activating group) is 1. The predicted octanol–water partition coefficient (Wildman–Crippen LogP) is 15.0. The van der Waals surface area contributed by atoms with Gasteiger partial charge in [-0.05, 0) is 70.5 Å². The molecule has 0 aromatic carbocycles. The molecule has 0 N–H and O–H groups in total. The van der Waals surface area contributed by atoms with E-state index >= 15 is 0 Å². The topological polar surface area (TPSA) is 62.3 Å². The molecule has 0 radical (unpaired) electrons. The zero-order valence-corrected chi connectivity index (χ0v) is 42.7. The zero-order valence-electron chi connectivity index (χ0n) is 42.7. The fourth-order valence-electron chi connectivity index (χ4n) is 9.32. The van der Waals surface area contributed by atoms with Crippen molar-refractivity contribution in [2.75, 3.05) is 72.6 Å². The zero-order chi connectivity index (χ0) is 45.0. The molecule has 1 heterocycles. The van der Waals surface area contributed by atoms with Crippen LogP contribution in [0.2, 0.25) is 0 Å². The summed E-state index contributed by atoms with van der Waals surface area (Å²) >= 11 is 0. The minimum atomic E-state index is -0.0719. The molecule has 1 saturated heterocycles. The third-order valence-corrected chi connectivity index (χ3v) is 13.9. The first-order valence-corrected chi connectivity index (χ1v) is 27.9. The van der Waals surface area contributed by atoms with Gasteiger partial charge in [0.05, 0.1) is 26.1 Å².